The van der Waals surface area contributed by atoms with Crippen LogP contribution in [0.15, 0.2) is 60.4 Å². The van der Waals surface area contributed by atoms with Gasteiger partial charge in [-0.1, -0.05) is 36.4 Å². The number of ether oxygens (including phenoxy) is 1. The lowest BCUT2D eigenvalue weighted by molar-refractivity contribution is -0.139. The van der Waals surface area contributed by atoms with Crippen molar-refractivity contribution >= 4 is 12.0 Å². The number of carbonyl (C=O) groups is 1. The lowest BCUT2D eigenvalue weighted by atomic mass is 10.2. The van der Waals surface area contributed by atoms with E-state index >= 15 is 0 Å². The second-order valence-electron chi connectivity index (χ2n) is 4.02. The second kappa shape index (κ2) is 6.86. The predicted octanol–water partition coefficient (Wildman–Crippen LogP) is 2.73. The van der Waals surface area contributed by atoms with Crippen LogP contribution >= 0.6 is 0 Å². The molecule has 0 bridgehead atoms. The maximum absolute atomic E-state index is 11.8. The van der Waals surface area contributed by atoms with Crippen LogP contribution < -0.4 is 0 Å². The average Bonchev–Trinajstić information content (AvgIpc) is 2.52. The van der Waals surface area contributed by atoms with Crippen molar-refractivity contribution in [2.45, 2.75) is 6.61 Å². The Balaban J connectivity index is 2.03. The van der Waals surface area contributed by atoms with E-state index in [1.54, 1.807) is 24.5 Å². The molecule has 20 heavy (non-hydrogen) atoms. The van der Waals surface area contributed by atoms with Crippen LogP contribution in [0.5, 0.6) is 0 Å². The molecule has 0 spiro atoms. The van der Waals surface area contributed by atoms with Crippen LogP contribution in [0.4, 0.5) is 0 Å². The van der Waals surface area contributed by atoms with Crippen LogP contribution in [0.2, 0.25) is 0 Å². The summed E-state index contributed by atoms with van der Waals surface area (Å²) in [4.78, 5) is 15.7. The maximum atomic E-state index is 11.8. The van der Waals surface area contributed by atoms with Gasteiger partial charge in [0.15, 0.2) is 0 Å². The Bertz CT molecular complexity index is 643. The summed E-state index contributed by atoms with van der Waals surface area (Å²) in [6, 6.07) is 14.6. The highest BCUT2D eigenvalue weighted by Crippen LogP contribution is 2.08. The molecule has 4 nitrogen and oxygen atoms in total. The minimum absolute atomic E-state index is 0.0473. The molecular formula is C16H12N2O2. The smallest absolute Gasteiger partial charge is 0.349 e. The lowest BCUT2D eigenvalue weighted by Gasteiger charge is -2.03. The minimum Gasteiger partial charge on any atom is -0.457 e. The van der Waals surface area contributed by atoms with Crippen LogP contribution in [-0.4, -0.2) is 11.0 Å². The van der Waals surface area contributed by atoms with Crippen molar-refractivity contribution in [3.05, 3.63) is 71.6 Å². The van der Waals surface area contributed by atoms with E-state index < -0.39 is 5.97 Å². The number of hydrogen-bond donors (Lipinski definition) is 0. The van der Waals surface area contributed by atoms with Gasteiger partial charge >= 0.3 is 5.97 Å². The number of benzene rings is 1. The SMILES string of the molecule is N#CC(=Cc1cccnc1)C(=O)OCc1ccccc1. The van der Waals surface area contributed by atoms with E-state index in [0.717, 1.165) is 5.56 Å². The Morgan fingerprint density at radius 2 is 2.05 bits per heavy atom. The van der Waals surface area contributed by atoms with Crippen LogP contribution in [0.25, 0.3) is 6.08 Å². The first kappa shape index (κ1) is 13.5. The highest BCUT2D eigenvalue weighted by molar-refractivity contribution is 5.97. The molecule has 0 amide bonds. The van der Waals surface area contributed by atoms with Gasteiger partial charge in [0.1, 0.15) is 18.2 Å². The number of rotatable bonds is 4. The van der Waals surface area contributed by atoms with Crippen molar-refractivity contribution in [1.29, 1.82) is 5.26 Å². The molecule has 0 radical (unpaired) electrons. The van der Waals surface area contributed by atoms with Gasteiger partial charge in [-0.2, -0.15) is 5.26 Å². The first-order valence-electron chi connectivity index (χ1n) is 6.02. The number of esters is 1. The van der Waals surface area contributed by atoms with Crippen LogP contribution in [0.3, 0.4) is 0 Å². The highest BCUT2D eigenvalue weighted by atomic mass is 16.5. The molecule has 0 saturated heterocycles. The number of nitrogens with zero attached hydrogens (tertiary/aromatic N) is 2. The largest absolute Gasteiger partial charge is 0.457 e. The molecule has 0 aliphatic rings. The van der Waals surface area contributed by atoms with Gasteiger partial charge < -0.3 is 4.74 Å². The Kier molecular flexibility index (Phi) is 4.63. The number of carbonyl (C=O) groups excluding carboxylic acids is 1. The molecule has 2 aromatic rings. The Morgan fingerprint density at radius 3 is 2.70 bits per heavy atom. The van der Waals surface area contributed by atoms with Gasteiger partial charge in [-0.3, -0.25) is 4.98 Å². The van der Waals surface area contributed by atoms with Crippen LogP contribution in [0, 0.1) is 11.3 Å². The number of pyridine rings is 1. The standard InChI is InChI=1S/C16H12N2O2/c17-10-15(9-14-7-4-8-18-11-14)16(19)20-12-13-5-2-1-3-6-13/h1-9,11H,12H2. The zero-order valence-electron chi connectivity index (χ0n) is 10.7. The Hall–Kier alpha value is -2.93. The summed E-state index contributed by atoms with van der Waals surface area (Å²) < 4.78 is 5.10. The van der Waals surface area contributed by atoms with Crippen molar-refractivity contribution in [1.82, 2.24) is 4.98 Å². The third-order valence-corrected chi connectivity index (χ3v) is 2.55. The molecule has 1 aromatic heterocycles. The van der Waals surface area contributed by atoms with Gasteiger partial charge in [0.2, 0.25) is 0 Å². The summed E-state index contributed by atoms with van der Waals surface area (Å²) in [5.74, 6) is -0.639. The van der Waals surface area contributed by atoms with Gasteiger partial charge in [0.05, 0.1) is 0 Å². The van der Waals surface area contributed by atoms with Crippen molar-refractivity contribution < 1.29 is 9.53 Å². The van der Waals surface area contributed by atoms with Crippen molar-refractivity contribution in [2.24, 2.45) is 0 Å². The number of aromatic nitrogens is 1. The van der Waals surface area contributed by atoms with Gasteiger partial charge in [-0.15, -0.1) is 0 Å². The first-order valence-corrected chi connectivity index (χ1v) is 6.02. The van der Waals surface area contributed by atoms with Crippen LogP contribution in [-0.2, 0) is 16.1 Å². The molecule has 0 aliphatic carbocycles. The highest BCUT2D eigenvalue weighted by Gasteiger charge is 2.10. The summed E-state index contributed by atoms with van der Waals surface area (Å²) >= 11 is 0. The van der Waals surface area contributed by atoms with E-state index in [1.807, 2.05) is 36.4 Å². The van der Waals surface area contributed by atoms with Gasteiger partial charge in [-0.25, -0.2) is 4.79 Å². The average molecular weight is 264 g/mol. The predicted molar refractivity (Wildman–Crippen MR) is 74.1 cm³/mol. The van der Waals surface area contributed by atoms with E-state index in [9.17, 15) is 4.79 Å². The molecule has 0 atom stereocenters. The fourth-order valence-electron chi connectivity index (χ4n) is 1.57. The number of hydrogen-bond acceptors (Lipinski definition) is 4. The molecule has 1 heterocycles. The van der Waals surface area contributed by atoms with E-state index in [2.05, 4.69) is 4.98 Å². The minimum atomic E-state index is -0.639. The zero-order chi connectivity index (χ0) is 14.2. The molecule has 98 valence electrons. The first-order chi connectivity index (χ1) is 9.79. The topological polar surface area (TPSA) is 63.0 Å². The van der Waals surface area contributed by atoms with Crippen LogP contribution in [0.1, 0.15) is 11.1 Å². The van der Waals surface area contributed by atoms with E-state index in [-0.39, 0.29) is 12.2 Å². The number of nitriles is 1. The monoisotopic (exact) mass is 264 g/mol. The Morgan fingerprint density at radius 1 is 1.25 bits per heavy atom. The van der Waals surface area contributed by atoms with Gasteiger partial charge in [0.25, 0.3) is 0 Å². The molecular weight excluding hydrogens is 252 g/mol. The van der Waals surface area contributed by atoms with E-state index in [1.165, 1.54) is 6.08 Å². The van der Waals surface area contributed by atoms with E-state index in [4.69, 9.17) is 10.00 Å². The molecule has 0 aliphatic heterocycles. The summed E-state index contributed by atoms with van der Waals surface area (Å²) in [6.45, 7) is 0.145. The molecule has 4 heteroatoms. The second-order valence-corrected chi connectivity index (χ2v) is 4.02. The zero-order valence-corrected chi connectivity index (χ0v) is 10.7. The van der Waals surface area contributed by atoms with Gasteiger partial charge in [0, 0.05) is 12.4 Å². The van der Waals surface area contributed by atoms with E-state index in [0.29, 0.717) is 5.56 Å². The third-order valence-electron chi connectivity index (χ3n) is 2.55. The fraction of sp³-hybridized carbons (Fsp3) is 0.0625. The quantitative estimate of drug-likeness (QED) is 0.484. The maximum Gasteiger partial charge on any atom is 0.349 e. The molecule has 1 aromatic carbocycles. The fourth-order valence-corrected chi connectivity index (χ4v) is 1.57. The van der Waals surface area contributed by atoms with Crippen molar-refractivity contribution in [2.75, 3.05) is 0 Å². The molecule has 0 N–H and O–H groups in total. The summed E-state index contributed by atoms with van der Waals surface area (Å²) in [5.41, 5.74) is 1.51. The molecule has 2 rings (SSSR count). The third kappa shape index (κ3) is 3.79. The summed E-state index contributed by atoms with van der Waals surface area (Å²) in [7, 11) is 0. The lowest BCUT2D eigenvalue weighted by Crippen LogP contribution is -2.06. The summed E-state index contributed by atoms with van der Waals surface area (Å²) in [6.07, 6.45) is 4.65. The van der Waals surface area contributed by atoms with Gasteiger partial charge in [-0.05, 0) is 23.3 Å². The molecule has 0 unspecified atom stereocenters. The summed E-state index contributed by atoms with van der Waals surface area (Å²) in [5, 5.41) is 9.02. The molecule has 0 saturated carbocycles. The normalized spacial score (nSPS) is 10.7. The van der Waals surface area contributed by atoms with Crippen molar-refractivity contribution in [3.8, 4) is 6.07 Å². The molecule has 0 fully saturated rings. The van der Waals surface area contributed by atoms with Crippen molar-refractivity contribution in [3.63, 3.8) is 0 Å². The Labute approximate surface area is 117 Å².